The van der Waals surface area contributed by atoms with E-state index >= 15 is 0 Å². The molecule has 0 saturated carbocycles. The van der Waals surface area contributed by atoms with E-state index in [0.29, 0.717) is 36.3 Å². The highest BCUT2D eigenvalue weighted by molar-refractivity contribution is 6.38. The van der Waals surface area contributed by atoms with Crippen LogP contribution in [0.25, 0.3) is 10.9 Å². The van der Waals surface area contributed by atoms with Crippen molar-refractivity contribution < 1.29 is 9.53 Å². The molecule has 0 bridgehead atoms. The summed E-state index contributed by atoms with van der Waals surface area (Å²) in [5.74, 6) is 1.02. The molecule has 1 atom stereocenters. The van der Waals surface area contributed by atoms with Crippen molar-refractivity contribution >= 4 is 28.4 Å². The van der Waals surface area contributed by atoms with Crippen LogP contribution in [0.4, 0.5) is 0 Å². The van der Waals surface area contributed by atoms with Crippen LogP contribution in [0.1, 0.15) is 47.2 Å². The van der Waals surface area contributed by atoms with E-state index in [0.717, 1.165) is 47.4 Å². The fraction of sp³-hybridized carbons (Fsp3) is 0.458. The summed E-state index contributed by atoms with van der Waals surface area (Å²) in [4.78, 5) is 27.5. The van der Waals surface area contributed by atoms with E-state index < -0.39 is 0 Å². The molecule has 0 aliphatic carbocycles. The Kier molecular flexibility index (Phi) is 7.08. The van der Waals surface area contributed by atoms with Gasteiger partial charge in [-0.05, 0) is 37.0 Å². The third-order valence-electron chi connectivity index (χ3n) is 5.86. The molecule has 4 rings (SSSR count). The highest BCUT2D eigenvalue weighted by Crippen LogP contribution is 2.31. The monoisotopic (exact) mass is 455 g/mol. The van der Waals surface area contributed by atoms with Crippen LogP contribution in [0.15, 0.2) is 30.7 Å². The Bertz CT molecular complexity index is 1070. The molecule has 7 nitrogen and oxygen atoms in total. The highest BCUT2D eigenvalue weighted by atomic mass is 35.5. The molecular weight excluding hydrogens is 426 g/mol. The minimum Gasteiger partial charge on any atom is -0.379 e. The lowest BCUT2D eigenvalue weighted by molar-refractivity contribution is 0.0161. The molecule has 1 aliphatic heterocycles. The summed E-state index contributed by atoms with van der Waals surface area (Å²) in [5.41, 5.74) is 3.59. The van der Waals surface area contributed by atoms with Crippen LogP contribution in [0.5, 0.6) is 0 Å². The van der Waals surface area contributed by atoms with Gasteiger partial charge in [-0.25, -0.2) is 9.97 Å². The van der Waals surface area contributed by atoms with Gasteiger partial charge in [0, 0.05) is 49.2 Å². The number of fused-ring (bicyclic) bond motifs is 1. The van der Waals surface area contributed by atoms with Crippen molar-refractivity contribution in [3.8, 4) is 0 Å². The van der Waals surface area contributed by atoms with E-state index in [4.69, 9.17) is 16.3 Å². The average molecular weight is 456 g/mol. The van der Waals surface area contributed by atoms with Crippen molar-refractivity contribution in [3.05, 3.63) is 58.3 Å². The molecule has 3 aromatic rings. The number of benzene rings is 1. The third kappa shape index (κ3) is 4.95. The van der Waals surface area contributed by atoms with E-state index in [1.54, 1.807) is 0 Å². The fourth-order valence-electron chi connectivity index (χ4n) is 4.25. The minimum atomic E-state index is -0.172. The molecular formula is C24H30ClN5O2. The van der Waals surface area contributed by atoms with Crippen molar-refractivity contribution in [2.24, 2.45) is 5.92 Å². The number of rotatable bonds is 7. The van der Waals surface area contributed by atoms with Gasteiger partial charge in [0.25, 0.3) is 5.91 Å². The first-order valence-corrected chi connectivity index (χ1v) is 11.5. The number of hydrogen-bond acceptors (Lipinski definition) is 5. The molecule has 170 valence electrons. The summed E-state index contributed by atoms with van der Waals surface area (Å²) in [6.07, 6.45) is 6.42. The smallest absolute Gasteiger partial charge is 0.252 e. The lowest BCUT2D eigenvalue weighted by Gasteiger charge is -2.34. The lowest BCUT2D eigenvalue weighted by Crippen LogP contribution is -2.44. The van der Waals surface area contributed by atoms with Crippen molar-refractivity contribution in [1.29, 1.82) is 0 Å². The molecule has 0 spiro atoms. The summed E-state index contributed by atoms with van der Waals surface area (Å²) < 4.78 is 5.51. The van der Waals surface area contributed by atoms with Crippen LogP contribution in [-0.4, -0.2) is 58.6 Å². The molecule has 1 amide bonds. The molecule has 2 aromatic heterocycles. The van der Waals surface area contributed by atoms with E-state index in [1.165, 1.54) is 0 Å². The van der Waals surface area contributed by atoms with Crippen molar-refractivity contribution in [3.63, 3.8) is 0 Å². The Balaban J connectivity index is 1.58. The summed E-state index contributed by atoms with van der Waals surface area (Å²) >= 11 is 6.66. The predicted octanol–water partition coefficient (Wildman–Crippen LogP) is 3.92. The van der Waals surface area contributed by atoms with E-state index in [9.17, 15) is 4.79 Å². The number of nitrogens with zero attached hydrogens (tertiary/aromatic N) is 3. The van der Waals surface area contributed by atoms with Crippen LogP contribution in [0, 0.1) is 12.8 Å². The number of halogens is 1. The third-order valence-corrected chi connectivity index (χ3v) is 6.27. The van der Waals surface area contributed by atoms with Gasteiger partial charge in [-0.15, -0.1) is 0 Å². The normalized spacial score (nSPS) is 15.9. The average Bonchev–Trinajstić information content (AvgIpc) is 3.28. The van der Waals surface area contributed by atoms with Crippen LogP contribution in [-0.2, 0) is 11.2 Å². The fourth-order valence-corrected chi connectivity index (χ4v) is 4.54. The van der Waals surface area contributed by atoms with Gasteiger partial charge in [0.05, 0.1) is 35.4 Å². The van der Waals surface area contributed by atoms with Crippen LogP contribution in [0.3, 0.4) is 0 Å². The van der Waals surface area contributed by atoms with Crippen LogP contribution in [0.2, 0.25) is 5.02 Å². The Morgan fingerprint density at radius 3 is 2.69 bits per heavy atom. The quantitative estimate of drug-likeness (QED) is 0.564. The van der Waals surface area contributed by atoms with E-state index in [-0.39, 0.29) is 11.9 Å². The number of aryl methyl sites for hydroxylation is 1. The molecule has 8 heteroatoms. The second kappa shape index (κ2) is 9.98. The number of H-pyrrole nitrogens is 1. The van der Waals surface area contributed by atoms with Crippen molar-refractivity contribution in [2.75, 3.05) is 32.8 Å². The van der Waals surface area contributed by atoms with Gasteiger partial charge in [0.1, 0.15) is 5.82 Å². The topological polar surface area (TPSA) is 83.1 Å². The number of nitrogens with one attached hydrogen (secondary N) is 2. The standard InChI is InChI=1S/C24H30ClN5O2/c1-15(2)10-17-11-20(22(25)19-4-5-26-23(17)19)24(31)29-14-21(30-6-8-32-9-7-30)18-12-27-16(3)28-13-18/h4-5,11-13,15,21,26H,6-10,14H2,1-3H3,(H,29,31). The van der Waals surface area contributed by atoms with E-state index in [1.807, 2.05) is 37.6 Å². The molecule has 1 unspecified atom stereocenters. The zero-order valence-electron chi connectivity index (χ0n) is 18.8. The number of aromatic nitrogens is 3. The van der Waals surface area contributed by atoms with Crippen molar-refractivity contribution in [2.45, 2.75) is 33.2 Å². The largest absolute Gasteiger partial charge is 0.379 e. The van der Waals surface area contributed by atoms with Gasteiger partial charge >= 0.3 is 0 Å². The Morgan fingerprint density at radius 2 is 2.00 bits per heavy atom. The molecule has 1 aromatic carbocycles. The SMILES string of the molecule is Cc1ncc(C(CNC(=O)c2cc(CC(C)C)c3[nH]ccc3c2Cl)N2CCOCC2)cn1. The van der Waals surface area contributed by atoms with Gasteiger partial charge in [-0.1, -0.05) is 25.4 Å². The van der Waals surface area contributed by atoms with Crippen LogP contribution < -0.4 is 5.32 Å². The highest BCUT2D eigenvalue weighted by Gasteiger charge is 2.25. The second-order valence-electron chi connectivity index (χ2n) is 8.70. The summed E-state index contributed by atoms with van der Waals surface area (Å²) in [7, 11) is 0. The van der Waals surface area contributed by atoms with Gasteiger partial charge in [0.15, 0.2) is 0 Å². The predicted molar refractivity (Wildman–Crippen MR) is 126 cm³/mol. The number of carbonyl (C=O) groups is 1. The van der Waals surface area contributed by atoms with Crippen molar-refractivity contribution in [1.82, 2.24) is 25.2 Å². The number of carbonyl (C=O) groups excluding carboxylic acids is 1. The zero-order chi connectivity index (χ0) is 22.7. The van der Waals surface area contributed by atoms with E-state index in [2.05, 4.69) is 39.0 Å². The Morgan fingerprint density at radius 1 is 1.28 bits per heavy atom. The number of hydrogen-bond donors (Lipinski definition) is 2. The summed E-state index contributed by atoms with van der Waals surface area (Å²) in [6.45, 7) is 9.57. The number of ether oxygens (including phenoxy) is 1. The Hall–Kier alpha value is -2.48. The maximum Gasteiger partial charge on any atom is 0.252 e. The zero-order valence-corrected chi connectivity index (χ0v) is 19.6. The van der Waals surface area contributed by atoms with Gasteiger partial charge in [-0.2, -0.15) is 0 Å². The van der Waals surface area contributed by atoms with Crippen LogP contribution >= 0.6 is 11.6 Å². The number of morpholine rings is 1. The first kappa shape index (κ1) is 22.7. The maximum absolute atomic E-state index is 13.3. The summed E-state index contributed by atoms with van der Waals surface area (Å²) in [6, 6.07) is 3.82. The molecule has 32 heavy (non-hydrogen) atoms. The molecule has 1 saturated heterocycles. The number of amides is 1. The first-order chi connectivity index (χ1) is 15.4. The van der Waals surface area contributed by atoms with Gasteiger partial charge in [-0.3, -0.25) is 9.69 Å². The molecule has 0 radical (unpaired) electrons. The molecule has 1 aliphatic rings. The first-order valence-electron chi connectivity index (χ1n) is 11.1. The Labute approximate surface area is 193 Å². The molecule has 1 fully saturated rings. The molecule has 3 heterocycles. The molecule has 2 N–H and O–H groups in total. The minimum absolute atomic E-state index is 0.0339. The summed E-state index contributed by atoms with van der Waals surface area (Å²) in [5, 5.41) is 4.48. The maximum atomic E-state index is 13.3. The number of aromatic amines is 1. The lowest BCUT2D eigenvalue weighted by atomic mass is 9.98. The van der Waals surface area contributed by atoms with Gasteiger partial charge < -0.3 is 15.0 Å². The second-order valence-corrected chi connectivity index (χ2v) is 9.08. The van der Waals surface area contributed by atoms with Gasteiger partial charge in [0.2, 0.25) is 0 Å².